The molecule has 0 aromatic carbocycles. The highest BCUT2D eigenvalue weighted by molar-refractivity contribution is 5.78. The molecule has 0 aliphatic heterocycles. The Balaban J connectivity index is 3.86. The zero-order valence-corrected chi connectivity index (χ0v) is 8.63. The fraction of sp³-hybridized carbons (Fsp3) is 0.700. The first-order chi connectivity index (χ1) is 6.13. The molecule has 0 aliphatic carbocycles. The molecule has 0 aromatic heterocycles. The van der Waals surface area contributed by atoms with Crippen LogP contribution < -0.4 is 5.32 Å². The highest BCUT2D eigenvalue weighted by Gasteiger charge is 2.13. The highest BCUT2D eigenvalue weighted by atomic mass is 16.2. The third-order valence-corrected chi connectivity index (χ3v) is 1.79. The summed E-state index contributed by atoms with van der Waals surface area (Å²) < 4.78 is 0. The van der Waals surface area contributed by atoms with Crippen LogP contribution in [0.1, 0.15) is 20.8 Å². The van der Waals surface area contributed by atoms with E-state index in [-0.39, 0.29) is 11.9 Å². The molecule has 0 bridgehead atoms. The zero-order chi connectivity index (χ0) is 10.3. The predicted octanol–water partition coefficient (Wildman–Crippen LogP) is 0.466. The summed E-state index contributed by atoms with van der Waals surface area (Å²) in [6.45, 7) is 7.50. The van der Waals surface area contributed by atoms with Gasteiger partial charge in [0.1, 0.15) is 0 Å². The van der Waals surface area contributed by atoms with Gasteiger partial charge in [-0.3, -0.25) is 10.1 Å². The first-order valence-electron chi connectivity index (χ1n) is 4.57. The maximum atomic E-state index is 11.5. The van der Waals surface area contributed by atoms with Gasteiger partial charge in [0.05, 0.1) is 13.1 Å². The van der Waals surface area contributed by atoms with Gasteiger partial charge in [0, 0.05) is 12.6 Å². The Kier molecular flexibility index (Phi) is 5.99. The maximum Gasteiger partial charge on any atom is 0.236 e. The summed E-state index contributed by atoms with van der Waals surface area (Å²) in [4.78, 5) is 13.3. The largest absolute Gasteiger partial charge is 0.339 e. The van der Waals surface area contributed by atoms with E-state index in [1.54, 1.807) is 0 Å². The van der Waals surface area contributed by atoms with Crippen molar-refractivity contribution in [3.63, 3.8) is 0 Å². The van der Waals surface area contributed by atoms with Gasteiger partial charge < -0.3 is 4.90 Å². The minimum absolute atomic E-state index is 0.104. The normalized spacial score (nSPS) is 9.77. The molecule has 0 heterocycles. The Morgan fingerprint density at radius 2 is 2.23 bits per heavy atom. The average Bonchev–Trinajstić information content (AvgIpc) is 2.05. The van der Waals surface area contributed by atoms with Crippen molar-refractivity contribution in [2.24, 2.45) is 0 Å². The van der Waals surface area contributed by atoms with Crippen LogP contribution in [0.3, 0.4) is 0 Å². The number of terminal acetylenes is 1. The molecular formula is C10H18N2O. The lowest BCUT2D eigenvalue weighted by Gasteiger charge is -2.25. The smallest absolute Gasteiger partial charge is 0.236 e. The second-order valence-electron chi connectivity index (χ2n) is 3.08. The molecule has 0 saturated carbocycles. The molecule has 0 spiro atoms. The van der Waals surface area contributed by atoms with E-state index in [4.69, 9.17) is 6.42 Å². The van der Waals surface area contributed by atoms with Gasteiger partial charge in [0.25, 0.3) is 0 Å². The molecule has 3 nitrogen and oxygen atoms in total. The van der Waals surface area contributed by atoms with Gasteiger partial charge in [-0.15, -0.1) is 6.42 Å². The van der Waals surface area contributed by atoms with E-state index < -0.39 is 0 Å². The minimum Gasteiger partial charge on any atom is -0.339 e. The summed E-state index contributed by atoms with van der Waals surface area (Å²) in [6.07, 6.45) is 5.05. The zero-order valence-electron chi connectivity index (χ0n) is 8.63. The van der Waals surface area contributed by atoms with Crippen molar-refractivity contribution in [3.05, 3.63) is 0 Å². The highest BCUT2D eigenvalue weighted by Crippen LogP contribution is 1.96. The van der Waals surface area contributed by atoms with Crippen molar-refractivity contribution in [1.29, 1.82) is 0 Å². The van der Waals surface area contributed by atoms with Gasteiger partial charge in [-0.05, 0) is 20.8 Å². The minimum atomic E-state index is 0.104. The Morgan fingerprint density at radius 1 is 1.62 bits per heavy atom. The lowest BCUT2D eigenvalue weighted by molar-refractivity contribution is -0.131. The summed E-state index contributed by atoms with van der Waals surface area (Å²) in [7, 11) is 0. The summed E-state index contributed by atoms with van der Waals surface area (Å²) in [5.41, 5.74) is 0. The number of carbonyl (C=O) groups is 1. The van der Waals surface area contributed by atoms with Crippen molar-refractivity contribution < 1.29 is 4.79 Å². The van der Waals surface area contributed by atoms with Gasteiger partial charge in [-0.1, -0.05) is 5.92 Å². The summed E-state index contributed by atoms with van der Waals surface area (Å²) in [5, 5.41) is 2.88. The third-order valence-electron chi connectivity index (χ3n) is 1.79. The molecule has 0 fully saturated rings. The molecule has 1 amide bonds. The van der Waals surface area contributed by atoms with E-state index in [9.17, 15) is 4.79 Å². The first kappa shape index (κ1) is 12.0. The van der Waals surface area contributed by atoms with Crippen molar-refractivity contribution in [1.82, 2.24) is 10.2 Å². The summed E-state index contributed by atoms with van der Waals surface area (Å²) in [5.74, 6) is 2.53. The van der Waals surface area contributed by atoms with Crippen LogP contribution in [-0.2, 0) is 4.79 Å². The lowest BCUT2D eigenvalue weighted by Crippen LogP contribution is -2.42. The van der Waals surface area contributed by atoms with E-state index in [2.05, 4.69) is 11.2 Å². The van der Waals surface area contributed by atoms with Crippen LogP contribution in [0.25, 0.3) is 0 Å². The van der Waals surface area contributed by atoms with E-state index in [0.29, 0.717) is 13.1 Å². The maximum absolute atomic E-state index is 11.5. The van der Waals surface area contributed by atoms with E-state index >= 15 is 0 Å². The van der Waals surface area contributed by atoms with Gasteiger partial charge in [-0.2, -0.15) is 0 Å². The second-order valence-corrected chi connectivity index (χ2v) is 3.08. The average molecular weight is 182 g/mol. The standard InChI is InChI=1S/C10H18N2O/c1-5-7-11-8-10(13)12(6-2)9(3)4/h1,9,11H,6-8H2,2-4H3. The number of rotatable bonds is 5. The van der Waals surface area contributed by atoms with Crippen LogP contribution in [0.2, 0.25) is 0 Å². The molecule has 1 N–H and O–H groups in total. The molecule has 0 aromatic rings. The fourth-order valence-corrected chi connectivity index (χ4v) is 1.17. The first-order valence-corrected chi connectivity index (χ1v) is 4.57. The van der Waals surface area contributed by atoms with Crippen LogP contribution in [0.4, 0.5) is 0 Å². The van der Waals surface area contributed by atoms with Crippen LogP contribution in [0, 0.1) is 12.3 Å². The van der Waals surface area contributed by atoms with Crippen molar-refractivity contribution in [2.75, 3.05) is 19.6 Å². The van der Waals surface area contributed by atoms with Gasteiger partial charge in [0.2, 0.25) is 5.91 Å². The van der Waals surface area contributed by atoms with Gasteiger partial charge >= 0.3 is 0 Å². The number of nitrogens with zero attached hydrogens (tertiary/aromatic N) is 1. The summed E-state index contributed by atoms with van der Waals surface area (Å²) >= 11 is 0. The number of carbonyl (C=O) groups excluding carboxylic acids is 1. The fourth-order valence-electron chi connectivity index (χ4n) is 1.17. The number of hydrogen-bond acceptors (Lipinski definition) is 2. The molecule has 0 radical (unpaired) electrons. The Bertz CT molecular complexity index is 194. The van der Waals surface area contributed by atoms with Crippen LogP contribution >= 0.6 is 0 Å². The second kappa shape index (κ2) is 6.50. The molecule has 0 saturated heterocycles. The van der Waals surface area contributed by atoms with Crippen LogP contribution in [0.15, 0.2) is 0 Å². The number of hydrogen-bond donors (Lipinski definition) is 1. The quantitative estimate of drug-likeness (QED) is 0.495. The molecule has 0 rings (SSSR count). The monoisotopic (exact) mass is 182 g/mol. The van der Waals surface area contributed by atoms with Crippen molar-refractivity contribution in [3.8, 4) is 12.3 Å². The topological polar surface area (TPSA) is 32.3 Å². The Hall–Kier alpha value is -1.01. The molecule has 0 atom stereocenters. The number of nitrogens with one attached hydrogen (secondary N) is 1. The third kappa shape index (κ3) is 4.54. The summed E-state index contributed by atoms with van der Waals surface area (Å²) in [6, 6.07) is 0.255. The SMILES string of the molecule is C#CCNCC(=O)N(CC)C(C)C. The van der Waals surface area contributed by atoms with Gasteiger partial charge in [-0.25, -0.2) is 0 Å². The number of amides is 1. The van der Waals surface area contributed by atoms with Crippen molar-refractivity contribution in [2.45, 2.75) is 26.8 Å². The molecule has 13 heavy (non-hydrogen) atoms. The van der Waals surface area contributed by atoms with Crippen molar-refractivity contribution >= 4 is 5.91 Å². The molecule has 0 aliphatic rings. The molecule has 3 heteroatoms. The molecule has 0 unspecified atom stereocenters. The van der Waals surface area contributed by atoms with Gasteiger partial charge in [0.15, 0.2) is 0 Å². The van der Waals surface area contributed by atoms with E-state index in [1.165, 1.54) is 0 Å². The Labute approximate surface area is 80.5 Å². The van der Waals surface area contributed by atoms with E-state index in [0.717, 1.165) is 6.54 Å². The molecular weight excluding hydrogens is 164 g/mol. The number of likely N-dealkylation sites (N-methyl/N-ethyl adjacent to an activating group) is 1. The van der Waals surface area contributed by atoms with Crippen LogP contribution in [-0.4, -0.2) is 36.5 Å². The van der Waals surface area contributed by atoms with Crippen LogP contribution in [0.5, 0.6) is 0 Å². The molecule has 74 valence electrons. The predicted molar refractivity (Wildman–Crippen MR) is 54.2 cm³/mol. The Morgan fingerprint density at radius 3 is 2.62 bits per heavy atom. The lowest BCUT2D eigenvalue weighted by atomic mass is 10.3. The van der Waals surface area contributed by atoms with E-state index in [1.807, 2.05) is 25.7 Å².